The fourth-order valence-electron chi connectivity index (χ4n) is 1.63. The summed E-state index contributed by atoms with van der Waals surface area (Å²) < 4.78 is 4.91. The zero-order valence-corrected chi connectivity index (χ0v) is 13.0. The van der Waals surface area contributed by atoms with Crippen LogP contribution < -0.4 is 5.32 Å². The van der Waals surface area contributed by atoms with Gasteiger partial charge in [0.2, 0.25) is 0 Å². The lowest BCUT2D eigenvalue weighted by Gasteiger charge is -2.03. The zero-order chi connectivity index (χ0) is 15.4. The van der Waals surface area contributed by atoms with E-state index in [9.17, 15) is 9.59 Å². The van der Waals surface area contributed by atoms with Gasteiger partial charge in [-0.15, -0.1) is 0 Å². The van der Waals surface area contributed by atoms with Crippen LogP contribution >= 0.6 is 22.9 Å². The van der Waals surface area contributed by atoms with Crippen LogP contribution in [-0.2, 0) is 4.74 Å². The van der Waals surface area contributed by atoms with Gasteiger partial charge in [-0.2, -0.15) is 0 Å². The number of Topliss-reactive ketones (excluding diaryl/α,β-unsaturated/α-hetero) is 1. The van der Waals surface area contributed by atoms with Gasteiger partial charge >= 0.3 is 5.97 Å². The molecule has 1 aromatic heterocycles. The van der Waals surface area contributed by atoms with Gasteiger partial charge in [0.25, 0.3) is 0 Å². The molecule has 21 heavy (non-hydrogen) atoms. The molecular weight excluding hydrogens is 312 g/mol. The number of rotatable bonds is 5. The Morgan fingerprint density at radius 2 is 2.10 bits per heavy atom. The maximum absolute atomic E-state index is 11.8. The summed E-state index contributed by atoms with van der Waals surface area (Å²) in [4.78, 5) is 27.8. The topological polar surface area (TPSA) is 68.3 Å². The number of thiazole rings is 1. The monoisotopic (exact) mass is 324 g/mol. The van der Waals surface area contributed by atoms with Gasteiger partial charge in [-0.3, -0.25) is 4.79 Å². The van der Waals surface area contributed by atoms with E-state index < -0.39 is 5.97 Å². The number of halogens is 1. The molecule has 0 atom stereocenters. The highest BCUT2D eigenvalue weighted by molar-refractivity contribution is 7.17. The summed E-state index contributed by atoms with van der Waals surface area (Å²) in [6.07, 6.45) is 0. The molecule has 0 bridgehead atoms. The average Bonchev–Trinajstić information content (AvgIpc) is 2.86. The smallest absolute Gasteiger partial charge is 0.358 e. The fraction of sp³-hybridized carbons (Fsp3) is 0.214. The first-order valence-corrected chi connectivity index (χ1v) is 7.42. The first-order chi connectivity index (χ1) is 10.0. The van der Waals surface area contributed by atoms with Crippen molar-refractivity contribution < 1.29 is 14.3 Å². The number of ketones is 1. The van der Waals surface area contributed by atoms with Crippen molar-refractivity contribution in [3.05, 3.63) is 39.9 Å². The molecule has 2 aromatic rings. The number of aromatic nitrogens is 1. The minimum Gasteiger partial charge on any atom is -0.461 e. The molecule has 110 valence electrons. The molecule has 0 saturated carbocycles. The van der Waals surface area contributed by atoms with E-state index in [1.54, 1.807) is 25.1 Å². The summed E-state index contributed by atoms with van der Waals surface area (Å²) in [5.41, 5.74) is 0.683. The van der Waals surface area contributed by atoms with Crippen LogP contribution in [0.1, 0.15) is 34.0 Å². The Labute approximate surface area is 130 Å². The number of esters is 1. The van der Waals surface area contributed by atoms with Gasteiger partial charge in [-0.1, -0.05) is 35.1 Å². The maximum Gasteiger partial charge on any atom is 0.358 e. The standard InChI is InChI=1S/C14H13ClN2O3S/c1-3-20-13(19)11-12(8(2)18)21-14(17-11)16-10-7-5-4-6-9(10)15/h4-7H,3H2,1-2H3,(H,16,17). The van der Waals surface area contributed by atoms with Crippen LogP contribution in [0.25, 0.3) is 0 Å². The summed E-state index contributed by atoms with van der Waals surface area (Å²) in [5, 5.41) is 3.94. The molecule has 0 aliphatic carbocycles. The Hall–Kier alpha value is -1.92. The molecule has 0 aliphatic rings. The van der Waals surface area contributed by atoms with Crippen LogP contribution in [0.15, 0.2) is 24.3 Å². The minimum atomic E-state index is -0.605. The SMILES string of the molecule is CCOC(=O)c1nc(Nc2ccccc2Cl)sc1C(C)=O. The summed E-state index contributed by atoms with van der Waals surface area (Å²) in [5.74, 6) is -0.839. The van der Waals surface area contributed by atoms with E-state index in [4.69, 9.17) is 16.3 Å². The van der Waals surface area contributed by atoms with Crippen LogP contribution in [0, 0.1) is 0 Å². The number of nitrogens with one attached hydrogen (secondary N) is 1. The molecule has 2 rings (SSSR count). The first-order valence-electron chi connectivity index (χ1n) is 6.23. The zero-order valence-electron chi connectivity index (χ0n) is 11.5. The predicted molar refractivity (Wildman–Crippen MR) is 82.8 cm³/mol. The summed E-state index contributed by atoms with van der Waals surface area (Å²) in [7, 11) is 0. The van der Waals surface area contributed by atoms with Crippen LogP contribution in [0.3, 0.4) is 0 Å². The normalized spacial score (nSPS) is 10.2. The van der Waals surface area contributed by atoms with E-state index in [1.165, 1.54) is 6.92 Å². The number of benzene rings is 1. The highest BCUT2D eigenvalue weighted by atomic mass is 35.5. The van der Waals surface area contributed by atoms with E-state index in [2.05, 4.69) is 10.3 Å². The fourth-order valence-corrected chi connectivity index (χ4v) is 2.67. The van der Waals surface area contributed by atoms with E-state index in [0.717, 1.165) is 11.3 Å². The summed E-state index contributed by atoms with van der Waals surface area (Å²) in [6, 6.07) is 7.14. The second-order valence-electron chi connectivity index (χ2n) is 4.08. The largest absolute Gasteiger partial charge is 0.461 e. The lowest BCUT2D eigenvalue weighted by atomic mass is 10.3. The van der Waals surface area contributed by atoms with Gasteiger partial charge < -0.3 is 10.1 Å². The van der Waals surface area contributed by atoms with Gasteiger partial charge in [-0.25, -0.2) is 9.78 Å². The third-order valence-corrected chi connectivity index (χ3v) is 3.93. The minimum absolute atomic E-state index is 0.0314. The second kappa shape index (κ2) is 6.69. The number of hydrogen-bond donors (Lipinski definition) is 1. The number of para-hydroxylation sites is 1. The summed E-state index contributed by atoms with van der Waals surface area (Å²) in [6.45, 7) is 3.30. The number of carbonyl (C=O) groups is 2. The highest BCUT2D eigenvalue weighted by Gasteiger charge is 2.22. The van der Waals surface area contributed by atoms with Gasteiger partial charge in [0.15, 0.2) is 16.6 Å². The molecule has 5 nitrogen and oxygen atoms in total. The van der Waals surface area contributed by atoms with Crippen molar-refractivity contribution in [2.75, 3.05) is 11.9 Å². The number of carbonyl (C=O) groups excluding carboxylic acids is 2. The van der Waals surface area contributed by atoms with Crippen molar-refractivity contribution >= 4 is 45.5 Å². The predicted octanol–water partition coefficient (Wildman–Crippen LogP) is 3.92. The average molecular weight is 325 g/mol. The molecule has 1 heterocycles. The lowest BCUT2D eigenvalue weighted by molar-refractivity contribution is 0.0517. The highest BCUT2D eigenvalue weighted by Crippen LogP contribution is 2.30. The molecule has 0 amide bonds. The van der Waals surface area contributed by atoms with Crippen LogP contribution in [0.4, 0.5) is 10.8 Å². The Kier molecular flexibility index (Phi) is 4.93. The molecule has 0 spiro atoms. The molecule has 7 heteroatoms. The van der Waals surface area contributed by atoms with E-state index in [0.29, 0.717) is 15.8 Å². The molecule has 0 aliphatic heterocycles. The van der Waals surface area contributed by atoms with Crippen molar-refractivity contribution in [1.82, 2.24) is 4.98 Å². The molecule has 0 unspecified atom stereocenters. The van der Waals surface area contributed by atoms with Gasteiger partial charge in [-0.05, 0) is 19.1 Å². The van der Waals surface area contributed by atoms with Crippen molar-refractivity contribution in [3.63, 3.8) is 0 Å². The van der Waals surface area contributed by atoms with E-state index >= 15 is 0 Å². The van der Waals surface area contributed by atoms with Crippen LogP contribution in [-0.4, -0.2) is 23.3 Å². The number of nitrogens with zero attached hydrogens (tertiary/aromatic N) is 1. The number of anilines is 2. The first kappa shape index (κ1) is 15.5. The molecule has 1 N–H and O–H groups in total. The molecule has 0 saturated heterocycles. The van der Waals surface area contributed by atoms with Crippen LogP contribution in [0.5, 0.6) is 0 Å². The summed E-state index contributed by atoms with van der Waals surface area (Å²) >= 11 is 7.15. The Morgan fingerprint density at radius 1 is 1.38 bits per heavy atom. The Bertz CT molecular complexity index is 685. The van der Waals surface area contributed by atoms with E-state index in [-0.39, 0.29) is 23.0 Å². The Balaban J connectivity index is 2.34. The third-order valence-electron chi connectivity index (χ3n) is 2.53. The van der Waals surface area contributed by atoms with Crippen molar-refractivity contribution in [3.8, 4) is 0 Å². The molecule has 0 radical (unpaired) electrons. The van der Waals surface area contributed by atoms with Crippen molar-refractivity contribution in [2.24, 2.45) is 0 Å². The second-order valence-corrected chi connectivity index (χ2v) is 5.48. The van der Waals surface area contributed by atoms with Gasteiger partial charge in [0.1, 0.15) is 4.88 Å². The van der Waals surface area contributed by atoms with E-state index in [1.807, 2.05) is 6.07 Å². The lowest BCUT2D eigenvalue weighted by Crippen LogP contribution is -2.09. The maximum atomic E-state index is 11.8. The number of hydrogen-bond acceptors (Lipinski definition) is 6. The van der Waals surface area contributed by atoms with Gasteiger partial charge in [0, 0.05) is 6.92 Å². The van der Waals surface area contributed by atoms with Crippen molar-refractivity contribution in [1.29, 1.82) is 0 Å². The van der Waals surface area contributed by atoms with Gasteiger partial charge in [0.05, 0.1) is 17.3 Å². The molecule has 0 fully saturated rings. The Morgan fingerprint density at radius 3 is 2.71 bits per heavy atom. The number of ether oxygens (including phenoxy) is 1. The van der Waals surface area contributed by atoms with Crippen LogP contribution in [0.2, 0.25) is 5.02 Å². The molecular formula is C14H13ClN2O3S. The quantitative estimate of drug-likeness (QED) is 0.667. The molecule has 1 aromatic carbocycles. The third kappa shape index (κ3) is 3.59. The van der Waals surface area contributed by atoms with Crippen molar-refractivity contribution in [2.45, 2.75) is 13.8 Å².